The highest BCUT2D eigenvalue weighted by Gasteiger charge is 2.18. The Labute approximate surface area is 206 Å². The fourth-order valence-corrected chi connectivity index (χ4v) is 3.73. The Kier molecular flexibility index (Phi) is 22.8. The SMILES string of the molecule is CCCCCCCCCCC(CCCCCCCC)COC(=O)C[N+](C)(C)C.CS(=O)(=O)[O-]. The summed E-state index contributed by atoms with van der Waals surface area (Å²) in [5, 5.41) is 0. The van der Waals surface area contributed by atoms with Crippen molar-refractivity contribution in [3.05, 3.63) is 0 Å². The summed E-state index contributed by atoms with van der Waals surface area (Å²) in [6.45, 7) is 5.63. The van der Waals surface area contributed by atoms with Crippen molar-refractivity contribution in [2.24, 2.45) is 5.92 Å². The highest BCUT2D eigenvalue weighted by Crippen LogP contribution is 2.20. The number of ether oxygens (including phenoxy) is 1. The van der Waals surface area contributed by atoms with Crippen molar-refractivity contribution < 1.29 is 27.0 Å². The van der Waals surface area contributed by atoms with Gasteiger partial charge in [0, 0.05) is 6.26 Å². The normalized spacial score (nSPS) is 12.7. The minimum atomic E-state index is -3.92. The molecular weight excluding hydrogens is 438 g/mol. The molecular formula is C26H55NO5S. The second-order valence-corrected chi connectivity index (χ2v) is 11.9. The second kappa shape index (κ2) is 21.8. The fourth-order valence-electron chi connectivity index (χ4n) is 3.73. The molecule has 200 valence electrons. The molecule has 6 nitrogen and oxygen atoms in total. The van der Waals surface area contributed by atoms with Gasteiger partial charge in [-0.2, -0.15) is 0 Å². The topological polar surface area (TPSA) is 83.5 Å². The molecule has 0 aromatic rings. The van der Waals surface area contributed by atoms with Crippen LogP contribution in [0.3, 0.4) is 0 Å². The third kappa shape index (κ3) is 36.1. The largest absolute Gasteiger partial charge is 0.748 e. The third-order valence-electron chi connectivity index (χ3n) is 5.52. The molecule has 1 atom stereocenters. The Morgan fingerprint density at radius 3 is 1.42 bits per heavy atom. The molecule has 0 aromatic heterocycles. The predicted octanol–water partition coefficient (Wildman–Crippen LogP) is 6.29. The van der Waals surface area contributed by atoms with Gasteiger partial charge in [0.1, 0.15) is 0 Å². The Bertz CT molecular complexity index is 535. The molecule has 0 radical (unpaired) electrons. The highest BCUT2D eigenvalue weighted by atomic mass is 32.2. The van der Waals surface area contributed by atoms with E-state index >= 15 is 0 Å². The van der Waals surface area contributed by atoms with E-state index in [2.05, 4.69) is 13.8 Å². The lowest BCUT2D eigenvalue weighted by molar-refractivity contribution is -0.862. The number of carbonyl (C=O) groups excluding carboxylic acids is 1. The smallest absolute Gasteiger partial charge is 0.361 e. The number of likely N-dealkylation sites (N-methyl/N-ethyl adjacent to an activating group) is 1. The number of hydrogen-bond acceptors (Lipinski definition) is 5. The first kappa shape index (κ1) is 34.5. The number of quaternary nitrogens is 1. The van der Waals surface area contributed by atoms with Crippen molar-refractivity contribution in [1.82, 2.24) is 0 Å². The van der Waals surface area contributed by atoms with E-state index in [9.17, 15) is 4.79 Å². The van der Waals surface area contributed by atoms with Crippen LogP contribution in [-0.2, 0) is 19.6 Å². The van der Waals surface area contributed by atoms with E-state index in [1.807, 2.05) is 21.1 Å². The molecule has 0 aliphatic heterocycles. The first-order valence-corrected chi connectivity index (χ1v) is 15.1. The van der Waals surface area contributed by atoms with Gasteiger partial charge in [-0.25, -0.2) is 13.2 Å². The number of hydrogen-bond donors (Lipinski definition) is 0. The number of unbranched alkanes of at least 4 members (excludes halogenated alkanes) is 12. The highest BCUT2D eigenvalue weighted by molar-refractivity contribution is 7.84. The van der Waals surface area contributed by atoms with E-state index in [1.165, 1.54) is 103 Å². The van der Waals surface area contributed by atoms with Gasteiger partial charge in [-0.15, -0.1) is 0 Å². The molecule has 0 N–H and O–H groups in total. The average Bonchev–Trinajstić information content (AvgIpc) is 2.67. The van der Waals surface area contributed by atoms with E-state index in [-0.39, 0.29) is 5.97 Å². The fraction of sp³-hybridized carbons (Fsp3) is 0.962. The molecule has 0 heterocycles. The zero-order valence-corrected chi connectivity index (χ0v) is 23.5. The van der Waals surface area contributed by atoms with Gasteiger partial charge >= 0.3 is 5.97 Å². The molecule has 0 aliphatic carbocycles. The number of esters is 1. The molecule has 1 unspecified atom stereocenters. The van der Waals surface area contributed by atoms with Crippen molar-refractivity contribution in [1.29, 1.82) is 0 Å². The summed E-state index contributed by atoms with van der Waals surface area (Å²) in [5.41, 5.74) is 0. The molecule has 33 heavy (non-hydrogen) atoms. The zero-order chi connectivity index (χ0) is 25.6. The standard InChI is InChI=1S/C25H52NO2.CH4O3S/c1-6-8-10-12-14-15-17-19-21-24(20-18-16-13-11-9-7-2)23-28-25(27)22-26(3,4)5;1-5(2,3)4/h24H,6-23H2,1-5H3;1H3,(H,2,3,4)/q+1;/p-1. The lowest BCUT2D eigenvalue weighted by atomic mass is 9.94. The molecule has 0 saturated carbocycles. The monoisotopic (exact) mass is 493 g/mol. The van der Waals surface area contributed by atoms with E-state index in [4.69, 9.17) is 17.7 Å². The van der Waals surface area contributed by atoms with E-state index in [0.29, 0.717) is 29.8 Å². The maximum absolute atomic E-state index is 12.1. The average molecular weight is 494 g/mol. The maximum atomic E-state index is 12.1. The van der Waals surface area contributed by atoms with Crippen LogP contribution < -0.4 is 0 Å². The van der Waals surface area contributed by atoms with Gasteiger partial charge in [0.05, 0.1) is 37.9 Å². The van der Waals surface area contributed by atoms with Crippen molar-refractivity contribution in [2.45, 2.75) is 117 Å². The van der Waals surface area contributed by atoms with Crippen molar-refractivity contribution in [2.75, 3.05) is 40.6 Å². The van der Waals surface area contributed by atoms with Gasteiger partial charge in [0.2, 0.25) is 0 Å². The van der Waals surface area contributed by atoms with Crippen LogP contribution in [0.4, 0.5) is 0 Å². The Morgan fingerprint density at radius 2 is 1.09 bits per heavy atom. The summed E-state index contributed by atoms with van der Waals surface area (Å²) < 4.78 is 33.5. The molecule has 7 heteroatoms. The van der Waals surface area contributed by atoms with Crippen molar-refractivity contribution in [3.63, 3.8) is 0 Å². The predicted molar refractivity (Wildman–Crippen MR) is 138 cm³/mol. The van der Waals surface area contributed by atoms with Crippen LogP contribution in [0.5, 0.6) is 0 Å². The van der Waals surface area contributed by atoms with Gasteiger partial charge in [-0.1, -0.05) is 104 Å². The summed E-state index contributed by atoms with van der Waals surface area (Å²) in [6, 6.07) is 0. The van der Waals surface area contributed by atoms with Crippen LogP contribution in [0.2, 0.25) is 0 Å². The molecule has 0 bridgehead atoms. The molecule has 0 saturated heterocycles. The van der Waals surface area contributed by atoms with Crippen molar-refractivity contribution in [3.8, 4) is 0 Å². The van der Waals surface area contributed by atoms with Crippen LogP contribution in [0.15, 0.2) is 0 Å². The molecule has 0 amide bonds. The minimum Gasteiger partial charge on any atom is -0.748 e. The van der Waals surface area contributed by atoms with Crippen LogP contribution >= 0.6 is 0 Å². The van der Waals surface area contributed by atoms with E-state index in [0.717, 1.165) is 0 Å². The number of rotatable bonds is 20. The van der Waals surface area contributed by atoms with Crippen molar-refractivity contribution >= 4 is 16.1 Å². The van der Waals surface area contributed by atoms with E-state index in [1.54, 1.807) is 0 Å². The summed E-state index contributed by atoms with van der Waals surface area (Å²) in [7, 11) is 2.20. The summed E-state index contributed by atoms with van der Waals surface area (Å²) >= 11 is 0. The zero-order valence-electron chi connectivity index (χ0n) is 22.7. The lowest BCUT2D eigenvalue weighted by Gasteiger charge is -2.23. The quantitative estimate of drug-likeness (QED) is 0.0860. The third-order valence-corrected chi connectivity index (χ3v) is 5.52. The van der Waals surface area contributed by atoms with Gasteiger partial charge in [-0.05, 0) is 18.8 Å². The number of carbonyl (C=O) groups is 1. The Hall–Kier alpha value is -0.660. The van der Waals surface area contributed by atoms with Gasteiger partial charge in [-0.3, -0.25) is 0 Å². The lowest BCUT2D eigenvalue weighted by Crippen LogP contribution is -2.40. The number of nitrogens with zero attached hydrogens (tertiary/aromatic N) is 1. The van der Waals surface area contributed by atoms with Crippen LogP contribution in [-0.4, -0.2) is 64.0 Å². The molecule has 0 aromatic carbocycles. The van der Waals surface area contributed by atoms with E-state index < -0.39 is 10.1 Å². The second-order valence-electron chi connectivity index (χ2n) is 10.5. The van der Waals surface area contributed by atoms with Gasteiger partial charge in [0.25, 0.3) is 0 Å². The van der Waals surface area contributed by atoms with Gasteiger partial charge < -0.3 is 13.8 Å². The first-order chi connectivity index (χ1) is 15.4. The van der Waals surface area contributed by atoms with Crippen LogP contribution in [0, 0.1) is 5.92 Å². The summed E-state index contributed by atoms with van der Waals surface area (Å²) in [6.07, 6.45) is 22.0. The molecule has 0 fully saturated rings. The van der Waals surface area contributed by atoms with Crippen LogP contribution in [0.1, 0.15) is 117 Å². The van der Waals surface area contributed by atoms with Gasteiger partial charge in [0.15, 0.2) is 6.54 Å². The molecule has 0 rings (SSSR count). The first-order valence-electron chi connectivity index (χ1n) is 13.3. The minimum absolute atomic E-state index is 0.0450. The maximum Gasteiger partial charge on any atom is 0.361 e. The summed E-state index contributed by atoms with van der Waals surface area (Å²) in [4.78, 5) is 12.1. The Balaban J connectivity index is 0. The summed E-state index contributed by atoms with van der Waals surface area (Å²) in [5.74, 6) is 0.513. The molecule has 0 spiro atoms. The Morgan fingerprint density at radius 1 is 0.758 bits per heavy atom. The van der Waals surface area contributed by atoms with Crippen LogP contribution in [0.25, 0.3) is 0 Å². The molecule has 0 aliphatic rings.